The summed E-state index contributed by atoms with van der Waals surface area (Å²) in [6.07, 6.45) is -6.96. The van der Waals surface area contributed by atoms with Crippen LogP contribution in [0.1, 0.15) is 22.7 Å². The quantitative estimate of drug-likeness (QED) is 0.717. The summed E-state index contributed by atoms with van der Waals surface area (Å²) in [7, 11) is 0. The van der Waals surface area contributed by atoms with E-state index in [0.717, 1.165) is 6.07 Å². The van der Waals surface area contributed by atoms with Gasteiger partial charge in [0.25, 0.3) is 12.5 Å². The van der Waals surface area contributed by atoms with Crippen LogP contribution in [0.15, 0.2) is 52.6 Å². The van der Waals surface area contributed by atoms with Gasteiger partial charge in [-0.1, -0.05) is 11.6 Å². The Morgan fingerprint density at radius 1 is 1.29 bits per heavy atom. The number of benzene rings is 1. The second-order valence-electron chi connectivity index (χ2n) is 5.86. The molecular weight excluding hydrogens is 408 g/mol. The van der Waals surface area contributed by atoms with Gasteiger partial charge in [0.05, 0.1) is 6.42 Å². The highest BCUT2D eigenvalue weighted by atomic mass is 35.5. The zero-order valence-corrected chi connectivity index (χ0v) is 14.7. The molecule has 2 heterocycles. The van der Waals surface area contributed by atoms with E-state index in [-0.39, 0.29) is 17.4 Å². The number of carbonyl (C=O) groups is 1. The number of hydrogen-bond acceptors (Lipinski definition) is 5. The average Bonchev–Trinajstić information content (AvgIpc) is 3.26. The van der Waals surface area contributed by atoms with E-state index in [2.05, 4.69) is 0 Å². The molecule has 3 rings (SSSR count). The molecule has 150 valence electrons. The molecule has 1 amide bonds. The van der Waals surface area contributed by atoms with Crippen molar-refractivity contribution in [3.05, 3.63) is 64.7 Å². The molecule has 1 aliphatic rings. The van der Waals surface area contributed by atoms with Gasteiger partial charge in [-0.2, -0.15) is 8.78 Å². The van der Waals surface area contributed by atoms with Crippen molar-refractivity contribution in [2.75, 3.05) is 0 Å². The van der Waals surface area contributed by atoms with Crippen molar-refractivity contribution in [1.82, 2.24) is 10.4 Å². The third-order valence-electron chi connectivity index (χ3n) is 3.92. The molecule has 0 radical (unpaired) electrons. The van der Waals surface area contributed by atoms with Crippen LogP contribution in [0.2, 0.25) is 5.02 Å². The van der Waals surface area contributed by atoms with Gasteiger partial charge < -0.3 is 14.3 Å². The molecule has 1 fully saturated rings. The van der Waals surface area contributed by atoms with Gasteiger partial charge >= 0.3 is 5.91 Å². The fourth-order valence-corrected chi connectivity index (χ4v) is 2.61. The summed E-state index contributed by atoms with van der Waals surface area (Å²) < 4.78 is 62.6. The first kappa shape index (κ1) is 20.0. The van der Waals surface area contributed by atoms with Crippen LogP contribution >= 0.6 is 11.6 Å². The molecule has 1 aliphatic heterocycles. The lowest BCUT2D eigenvalue weighted by Gasteiger charge is -2.30. The SMILES string of the molecule is O=C(c1ccc(COc2ccc(Cl)cc2)o1)N1NC(=C(F)F)CC1(O)C(F)F. The number of aliphatic hydroxyl groups is 1. The third kappa shape index (κ3) is 3.92. The van der Waals surface area contributed by atoms with Crippen molar-refractivity contribution in [3.63, 3.8) is 0 Å². The predicted octanol–water partition coefficient (Wildman–Crippen LogP) is 3.92. The Morgan fingerprint density at radius 2 is 1.96 bits per heavy atom. The number of amides is 1. The monoisotopic (exact) mass is 420 g/mol. The minimum absolute atomic E-state index is 0.0365. The second kappa shape index (κ2) is 7.72. The van der Waals surface area contributed by atoms with Gasteiger partial charge in [-0.25, -0.2) is 13.8 Å². The smallest absolute Gasteiger partial charge is 0.310 e. The van der Waals surface area contributed by atoms with Gasteiger partial charge in [0.15, 0.2) is 5.76 Å². The number of furan rings is 1. The highest BCUT2D eigenvalue weighted by Crippen LogP contribution is 2.35. The molecule has 2 N–H and O–H groups in total. The number of hydrazine groups is 1. The topological polar surface area (TPSA) is 74.9 Å². The number of carbonyl (C=O) groups excluding carboxylic acids is 1. The molecule has 0 saturated carbocycles. The van der Waals surface area contributed by atoms with Crippen LogP contribution in [-0.4, -0.2) is 28.2 Å². The van der Waals surface area contributed by atoms with E-state index in [9.17, 15) is 27.5 Å². The lowest BCUT2D eigenvalue weighted by Crippen LogP contribution is -2.55. The van der Waals surface area contributed by atoms with Gasteiger partial charge in [-0.3, -0.25) is 10.2 Å². The molecule has 1 saturated heterocycles. The van der Waals surface area contributed by atoms with Crippen molar-refractivity contribution in [2.24, 2.45) is 0 Å². The van der Waals surface area contributed by atoms with Crippen molar-refractivity contribution in [1.29, 1.82) is 0 Å². The van der Waals surface area contributed by atoms with Gasteiger partial charge in [0.1, 0.15) is 23.8 Å². The molecule has 0 bridgehead atoms. The number of nitrogens with one attached hydrogen (secondary N) is 1. The summed E-state index contributed by atoms with van der Waals surface area (Å²) >= 11 is 5.76. The van der Waals surface area contributed by atoms with Crippen molar-refractivity contribution < 1.29 is 36.6 Å². The Kier molecular flexibility index (Phi) is 5.52. The minimum atomic E-state index is -3.50. The highest BCUT2D eigenvalue weighted by molar-refractivity contribution is 6.30. The first-order chi connectivity index (χ1) is 13.2. The van der Waals surface area contributed by atoms with Crippen LogP contribution in [0, 0.1) is 0 Å². The van der Waals surface area contributed by atoms with Gasteiger partial charge in [0, 0.05) is 5.02 Å². The fraction of sp³-hybridized carbons (Fsp3) is 0.235. The van der Waals surface area contributed by atoms with Gasteiger partial charge in [-0.15, -0.1) is 0 Å². The fourth-order valence-electron chi connectivity index (χ4n) is 2.49. The van der Waals surface area contributed by atoms with E-state index < -0.39 is 42.0 Å². The number of alkyl halides is 2. The van der Waals surface area contributed by atoms with Crippen LogP contribution in [-0.2, 0) is 6.61 Å². The zero-order chi connectivity index (χ0) is 20.5. The van der Waals surface area contributed by atoms with E-state index in [1.807, 2.05) is 5.43 Å². The first-order valence-electron chi connectivity index (χ1n) is 7.83. The lowest BCUT2D eigenvalue weighted by molar-refractivity contribution is -0.168. The third-order valence-corrected chi connectivity index (χ3v) is 4.17. The molecule has 0 aliphatic carbocycles. The summed E-state index contributed by atoms with van der Waals surface area (Å²) in [6, 6.07) is 8.93. The minimum Gasteiger partial charge on any atom is -0.486 e. The zero-order valence-electron chi connectivity index (χ0n) is 14.0. The highest BCUT2D eigenvalue weighted by Gasteiger charge is 2.54. The van der Waals surface area contributed by atoms with Gasteiger partial charge in [0.2, 0.25) is 5.72 Å². The predicted molar refractivity (Wildman–Crippen MR) is 88.6 cm³/mol. The van der Waals surface area contributed by atoms with Crippen LogP contribution in [0.4, 0.5) is 17.6 Å². The molecule has 1 unspecified atom stereocenters. The lowest BCUT2D eigenvalue weighted by atomic mass is 10.1. The van der Waals surface area contributed by atoms with Crippen LogP contribution in [0.25, 0.3) is 0 Å². The Balaban J connectivity index is 1.74. The van der Waals surface area contributed by atoms with E-state index in [1.165, 1.54) is 6.07 Å². The van der Waals surface area contributed by atoms with E-state index in [0.29, 0.717) is 10.8 Å². The number of halogens is 5. The Bertz CT molecular complexity index is 899. The van der Waals surface area contributed by atoms with Crippen LogP contribution in [0.5, 0.6) is 5.75 Å². The second-order valence-corrected chi connectivity index (χ2v) is 6.29. The molecule has 11 heteroatoms. The summed E-state index contributed by atoms with van der Waals surface area (Å²) in [6.45, 7) is -0.0916. The molecule has 28 heavy (non-hydrogen) atoms. The molecular formula is C17H13ClF4N2O4. The van der Waals surface area contributed by atoms with E-state index in [4.69, 9.17) is 20.8 Å². The number of nitrogens with zero attached hydrogens (tertiary/aromatic N) is 1. The molecule has 6 nitrogen and oxygen atoms in total. The molecule has 0 spiro atoms. The van der Waals surface area contributed by atoms with E-state index >= 15 is 0 Å². The average molecular weight is 421 g/mol. The van der Waals surface area contributed by atoms with Crippen LogP contribution < -0.4 is 10.2 Å². The number of ether oxygens (including phenoxy) is 1. The summed E-state index contributed by atoms with van der Waals surface area (Å²) in [4.78, 5) is 12.4. The first-order valence-corrected chi connectivity index (χ1v) is 8.21. The Hall–Kier alpha value is -2.72. The van der Waals surface area contributed by atoms with Crippen molar-refractivity contribution >= 4 is 17.5 Å². The molecule has 1 aromatic carbocycles. The maximum Gasteiger partial charge on any atom is 0.310 e. The summed E-state index contributed by atoms with van der Waals surface area (Å²) in [5.41, 5.74) is -2.30. The standard InChI is InChI=1S/C17H13ClF4N2O4/c18-9-1-3-10(4-2-9)27-8-11-5-6-13(28-11)15(25)24-17(26,16(21)22)7-12(23-24)14(19)20/h1-6,16,23,26H,7-8H2. The maximum atomic E-state index is 13.2. The molecule has 1 atom stereocenters. The molecule has 2 aromatic rings. The summed E-state index contributed by atoms with van der Waals surface area (Å²) in [5, 5.41) is 10.6. The van der Waals surface area contributed by atoms with Gasteiger partial charge in [-0.05, 0) is 36.4 Å². The Labute approximate surface area is 160 Å². The van der Waals surface area contributed by atoms with Crippen molar-refractivity contribution in [2.45, 2.75) is 25.2 Å². The maximum absolute atomic E-state index is 13.2. The Morgan fingerprint density at radius 3 is 2.57 bits per heavy atom. The summed E-state index contributed by atoms with van der Waals surface area (Å²) in [5.74, 6) is -1.04. The van der Waals surface area contributed by atoms with Crippen LogP contribution in [0.3, 0.4) is 0 Å². The normalized spacial score (nSPS) is 19.1. The number of hydrogen-bond donors (Lipinski definition) is 2. The molecule has 1 aromatic heterocycles. The number of rotatable bonds is 5. The van der Waals surface area contributed by atoms with E-state index in [1.54, 1.807) is 24.3 Å². The van der Waals surface area contributed by atoms with Crippen molar-refractivity contribution in [3.8, 4) is 5.75 Å². The largest absolute Gasteiger partial charge is 0.486 e.